The molecule has 6 heteroatoms. The van der Waals surface area contributed by atoms with E-state index in [-0.39, 0.29) is 11.8 Å². The maximum atomic E-state index is 11.3. The average Bonchev–Trinajstić information content (AvgIpc) is 2.27. The summed E-state index contributed by atoms with van der Waals surface area (Å²) in [4.78, 5) is 0. The van der Waals surface area contributed by atoms with Crippen LogP contribution in [0, 0.1) is 0 Å². The van der Waals surface area contributed by atoms with Crippen molar-refractivity contribution in [1.82, 2.24) is 5.32 Å². The first-order chi connectivity index (χ1) is 8.35. The molecule has 102 valence electrons. The predicted molar refractivity (Wildman–Crippen MR) is 79.9 cm³/mol. The highest BCUT2D eigenvalue weighted by Gasteiger charge is 2.17. The van der Waals surface area contributed by atoms with E-state index in [0.717, 1.165) is 16.6 Å². The van der Waals surface area contributed by atoms with Crippen LogP contribution in [-0.2, 0) is 9.84 Å². The summed E-state index contributed by atoms with van der Waals surface area (Å²) >= 11 is 9.62. The number of hydrogen-bond donors (Lipinski definition) is 1. The van der Waals surface area contributed by atoms with Crippen LogP contribution in [0.3, 0.4) is 0 Å². The van der Waals surface area contributed by atoms with Crippen LogP contribution in [0.5, 0.6) is 0 Å². The van der Waals surface area contributed by atoms with Crippen molar-refractivity contribution in [2.75, 3.05) is 18.6 Å². The van der Waals surface area contributed by atoms with Gasteiger partial charge in [-0.15, -0.1) is 0 Å². The van der Waals surface area contributed by atoms with Crippen molar-refractivity contribution in [3.63, 3.8) is 0 Å². The first-order valence-electron chi connectivity index (χ1n) is 5.70. The summed E-state index contributed by atoms with van der Waals surface area (Å²) in [6.45, 7) is 2.75. The van der Waals surface area contributed by atoms with Gasteiger partial charge in [0.1, 0.15) is 9.84 Å². The van der Waals surface area contributed by atoms with Gasteiger partial charge in [0, 0.05) is 16.8 Å². The van der Waals surface area contributed by atoms with E-state index < -0.39 is 9.84 Å². The zero-order valence-electron chi connectivity index (χ0n) is 10.4. The fourth-order valence-electron chi connectivity index (χ4n) is 1.74. The molecular formula is C12H17BrClNO2S. The Morgan fingerprint density at radius 3 is 2.67 bits per heavy atom. The third-order valence-electron chi connectivity index (χ3n) is 2.58. The van der Waals surface area contributed by atoms with Gasteiger partial charge < -0.3 is 5.32 Å². The van der Waals surface area contributed by atoms with Crippen LogP contribution in [0.1, 0.15) is 24.9 Å². The van der Waals surface area contributed by atoms with Gasteiger partial charge in [0.2, 0.25) is 0 Å². The summed E-state index contributed by atoms with van der Waals surface area (Å²) in [7, 11) is -2.96. The van der Waals surface area contributed by atoms with Crippen molar-refractivity contribution in [3.05, 3.63) is 33.3 Å². The highest BCUT2D eigenvalue weighted by Crippen LogP contribution is 2.31. The number of halogens is 2. The summed E-state index contributed by atoms with van der Waals surface area (Å²) in [6.07, 6.45) is 1.77. The molecule has 0 saturated carbocycles. The molecule has 0 aliphatic carbocycles. The lowest BCUT2D eigenvalue weighted by Crippen LogP contribution is -2.23. The van der Waals surface area contributed by atoms with Crippen molar-refractivity contribution < 1.29 is 8.42 Å². The molecule has 1 aromatic carbocycles. The first kappa shape index (κ1) is 16.0. The largest absolute Gasteiger partial charge is 0.310 e. The van der Waals surface area contributed by atoms with Crippen molar-refractivity contribution in [1.29, 1.82) is 0 Å². The minimum Gasteiger partial charge on any atom is -0.310 e. The van der Waals surface area contributed by atoms with Crippen LogP contribution in [0.4, 0.5) is 0 Å². The second kappa shape index (κ2) is 6.89. The smallest absolute Gasteiger partial charge is 0.147 e. The van der Waals surface area contributed by atoms with Crippen molar-refractivity contribution in [3.8, 4) is 0 Å². The van der Waals surface area contributed by atoms with Gasteiger partial charge in [0.15, 0.2) is 0 Å². The molecule has 0 heterocycles. The molecule has 1 unspecified atom stereocenters. The predicted octanol–water partition coefficient (Wildman–Crippen LogP) is 3.19. The standard InChI is InChI=1S/C12H17BrClNO2S/c1-3-15-11(7-8-18(2,16)17)9-5-4-6-10(13)12(9)14/h4-6,11,15H,3,7-8H2,1-2H3. The molecule has 0 fully saturated rings. The van der Waals surface area contributed by atoms with Crippen molar-refractivity contribution >= 4 is 37.4 Å². The van der Waals surface area contributed by atoms with E-state index in [2.05, 4.69) is 21.2 Å². The van der Waals surface area contributed by atoms with Gasteiger partial charge in [-0.25, -0.2) is 8.42 Å². The molecule has 3 nitrogen and oxygen atoms in total. The minimum atomic E-state index is -2.96. The molecule has 0 aromatic heterocycles. The maximum Gasteiger partial charge on any atom is 0.147 e. The molecule has 0 bridgehead atoms. The highest BCUT2D eigenvalue weighted by atomic mass is 79.9. The number of sulfone groups is 1. The Morgan fingerprint density at radius 1 is 1.44 bits per heavy atom. The Balaban J connectivity index is 2.93. The van der Waals surface area contributed by atoms with Crippen LogP contribution in [0.25, 0.3) is 0 Å². The summed E-state index contributed by atoms with van der Waals surface area (Å²) in [5, 5.41) is 3.91. The summed E-state index contributed by atoms with van der Waals surface area (Å²) in [5.74, 6) is 0.146. The monoisotopic (exact) mass is 353 g/mol. The molecule has 0 saturated heterocycles. The van der Waals surface area contributed by atoms with Crippen molar-refractivity contribution in [2.24, 2.45) is 0 Å². The molecule has 0 radical (unpaired) electrons. The van der Waals surface area contributed by atoms with E-state index in [1.807, 2.05) is 25.1 Å². The number of rotatable bonds is 6. The second-order valence-electron chi connectivity index (χ2n) is 4.17. The molecule has 0 aliphatic rings. The molecule has 1 atom stereocenters. The minimum absolute atomic E-state index is 0.0466. The lowest BCUT2D eigenvalue weighted by Gasteiger charge is -2.19. The van der Waals surface area contributed by atoms with E-state index in [9.17, 15) is 8.42 Å². The molecule has 18 heavy (non-hydrogen) atoms. The quantitative estimate of drug-likeness (QED) is 0.853. The molecule has 1 aromatic rings. The first-order valence-corrected chi connectivity index (χ1v) is 8.93. The normalized spacial score (nSPS) is 13.6. The van der Waals surface area contributed by atoms with Crippen LogP contribution in [0.2, 0.25) is 5.02 Å². The van der Waals surface area contributed by atoms with Gasteiger partial charge >= 0.3 is 0 Å². The summed E-state index contributed by atoms with van der Waals surface area (Å²) in [6, 6.07) is 5.64. The molecule has 1 N–H and O–H groups in total. The molecule has 1 rings (SSSR count). The lowest BCUT2D eigenvalue weighted by atomic mass is 10.0. The number of benzene rings is 1. The van der Waals surface area contributed by atoms with E-state index >= 15 is 0 Å². The Hall–Kier alpha value is -0.100. The zero-order valence-corrected chi connectivity index (χ0v) is 13.6. The van der Waals surface area contributed by atoms with Crippen LogP contribution < -0.4 is 5.32 Å². The fourth-order valence-corrected chi connectivity index (χ4v) is 3.04. The van der Waals surface area contributed by atoms with Gasteiger partial charge in [0.05, 0.1) is 10.8 Å². The SMILES string of the molecule is CCNC(CCS(C)(=O)=O)c1cccc(Br)c1Cl. The molecular weight excluding hydrogens is 338 g/mol. The number of nitrogens with one attached hydrogen (secondary N) is 1. The van der Waals surface area contributed by atoms with Gasteiger partial charge in [0.25, 0.3) is 0 Å². The highest BCUT2D eigenvalue weighted by molar-refractivity contribution is 9.10. The average molecular weight is 355 g/mol. The number of hydrogen-bond acceptors (Lipinski definition) is 3. The molecule has 0 amide bonds. The van der Waals surface area contributed by atoms with Gasteiger partial charge in [-0.3, -0.25) is 0 Å². The third kappa shape index (κ3) is 4.88. The second-order valence-corrected chi connectivity index (χ2v) is 7.66. The van der Waals surface area contributed by atoms with E-state index in [1.165, 1.54) is 6.26 Å². The van der Waals surface area contributed by atoms with Gasteiger partial charge in [-0.1, -0.05) is 30.7 Å². The third-order valence-corrected chi connectivity index (χ3v) is 4.87. The van der Waals surface area contributed by atoms with Gasteiger partial charge in [-0.2, -0.15) is 0 Å². The van der Waals surface area contributed by atoms with Crippen molar-refractivity contribution in [2.45, 2.75) is 19.4 Å². The van der Waals surface area contributed by atoms with E-state index in [4.69, 9.17) is 11.6 Å². The Labute approximate surface area is 122 Å². The van der Waals surface area contributed by atoms with Crippen LogP contribution in [-0.4, -0.2) is 27.0 Å². The van der Waals surface area contributed by atoms with E-state index in [0.29, 0.717) is 11.4 Å². The fraction of sp³-hybridized carbons (Fsp3) is 0.500. The molecule has 0 spiro atoms. The maximum absolute atomic E-state index is 11.3. The lowest BCUT2D eigenvalue weighted by molar-refractivity contribution is 0.530. The Kier molecular flexibility index (Phi) is 6.11. The van der Waals surface area contributed by atoms with Crippen LogP contribution in [0.15, 0.2) is 22.7 Å². The summed E-state index contributed by atoms with van der Waals surface area (Å²) < 4.78 is 23.3. The topological polar surface area (TPSA) is 46.2 Å². The van der Waals surface area contributed by atoms with E-state index in [1.54, 1.807) is 0 Å². The summed E-state index contributed by atoms with van der Waals surface area (Å²) in [5.41, 5.74) is 0.927. The Morgan fingerprint density at radius 2 is 2.11 bits per heavy atom. The van der Waals surface area contributed by atoms with Crippen LogP contribution >= 0.6 is 27.5 Å². The van der Waals surface area contributed by atoms with Gasteiger partial charge in [-0.05, 0) is 40.5 Å². The zero-order chi connectivity index (χ0) is 13.8. The Bertz CT molecular complexity index is 505. The molecule has 0 aliphatic heterocycles.